The summed E-state index contributed by atoms with van der Waals surface area (Å²) in [6.45, 7) is 3.45. The topological polar surface area (TPSA) is 150 Å². The van der Waals surface area contributed by atoms with Gasteiger partial charge in [0.25, 0.3) is 5.91 Å². The number of nitrogens with one attached hydrogen (secondary N) is 1. The maximum atomic E-state index is 12.0. The first-order chi connectivity index (χ1) is 11.6. The van der Waals surface area contributed by atoms with Crippen LogP contribution in [-0.2, 0) is 0 Å². The second-order valence-electron chi connectivity index (χ2n) is 4.79. The van der Waals surface area contributed by atoms with Gasteiger partial charge < -0.3 is 5.73 Å². The molecule has 0 radical (unpaired) electrons. The molecule has 3 aromatic rings. The number of hydrogen-bond donors (Lipinski definition) is 2. The van der Waals surface area contributed by atoms with Crippen molar-refractivity contribution in [3.05, 3.63) is 41.5 Å². The van der Waals surface area contributed by atoms with E-state index in [0.29, 0.717) is 22.7 Å². The molecule has 24 heavy (non-hydrogen) atoms. The van der Waals surface area contributed by atoms with Crippen LogP contribution in [0.2, 0.25) is 0 Å². The van der Waals surface area contributed by atoms with Crippen molar-refractivity contribution in [3.8, 4) is 5.82 Å². The molecular formula is C13H13N9O2. The van der Waals surface area contributed by atoms with E-state index < -0.39 is 0 Å². The molecular weight excluding hydrogens is 314 g/mol. The molecule has 0 aliphatic heterocycles. The van der Waals surface area contributed by atoms with Crippen molar-refractivity contribution in [2.75, 3.05) is 5.73 Å². The monoisotopic (exact) mass is 327 g/mol. The summed E-state index contributed by atoms with van der Waals surface area (Å²) in [6, 6.07) is 3.30. The maximum absolute atomic E-state index is 12.0. The molecule has 0 saturated heterocycles. The van der Waals surface area contributed by atoms with Gasteiger partial charge in [-0.2, -0.15) is 9.78 Å². The van der Waals surface area contributed by atoms with Gasteiger partial charge in [0.05, 0.1) is 17.0 Å². The zero-order chi connectivity index (χ0) is 17.1. The number of nitrogen functional groups attached to an aromatic ring is 1. The molecule has 0 aliphatic carbocycles. The van der Waals surface area contributed by atoms with Crippen LogP contribution in [0.25, 0.3) is 5.82 Å². The molecule has 0 aromatic carbocycles. The smallest absolute Gasteiger partial charge is 0.272 e. The highest BCUT2D eigenvalue weighted by Gasteiger charge is 2.18. The van der Waals surface area contributed by atoms with E-state index in [1.54, 1.807) is 32.2 Å². The number of carbonyl (C=O) groups is 1. The molecule has 0 atom stereocenters. The van der Waals surface area contributed by atoms with Crippen molar-refractivity contribution in [2.45, 2.75) is 13.8 Å². The van der Waals surface area contributed by atoms with Crippen LogP contribution in [0.5, 0.6) is 0 Å². The predicted molar refractivity (Wildman–Crippen MR) is 82.3 cm³/mol. The van der Waals surface area contributed by atoms with E-state index in [-0.39, 0.29) is 17.5 Å². The number of pyridine rings is 1. The third-order valence-corrected chi connectivity index (χ3v) is 3.18. The first kappa shape index (κ1) is 15.3. The molecule has 0 spiro atoms. The van der Waals surface area contributed by atoms with Crippen LogP contribution in [0.15, 0.2) is 34.3 Å². The minimum atomic E-state index is -0.377. The Morgan fingerprint density at radius 2 is 2.25 bits per heavy atom. The Balaban J connectivity index is 1.81. The van der Waals surface area contributed by atoms with Crippen LogP contribution in [0.1, 0.15) is 28.7 Å². The van der Waals surface area contributed by atoms with Crippen molar-refractivity contribution in [3.63, 3.8) is 0 Å². The molecule has 0 aliphatic rings. The first-order valence-corrected chi connectivity index (χ1v) is 6.83. The molecule has 11 heteroatoms. The fraction of sp³-hybridized carbons (Fsp3) is 0.154. The Morgan fingerprint density at radius 1 is 1.42 bits per heavy atom. The standard InChI is InChI=1S/C13H13N9O2/c1-7(16-18-13(23)9-4-3-5-15-6-9)10-8(2)22(21-17-10)12-11(14)19-24-20-12/h3-6H,1-2H3,(H2,14,19)(H,18,23). The van der Waals surface area contributed by atoms with E-state index >= 15 is 0 Å². The highest BCUT2D eigenvalue weighted by molar-refractivity contribution is 6.00. The van der Waals surface area contributed by atoms with Gasteiger partial charge in [0.15, 0.2) is 0 Å². The van der Waals surface area contributed by atoms with Gasteiger partial charge in [0.1, 0.15) is 5.69 Å². The molecule has 122 valence electrons. The van der Waals surface area contributed by atoms with E-state index in [9.17, 15) is 4.79 Å². The highest BCUT2D eigenvalue weighted by atomic mass is 16.6. The predicted octanol–water partition coefficient (Wildman–Crippen LogP) is 0.0899. The Hall–Kier alpha value is -3.63. The number of rotatable bonds is 4. The Bertz CT molecular complexity index is 897. The molecule has 3 N–H and O–H groups in total. The molecule has 0 fully saturated rings. The summed E-state index contributed by atoms with van der Waals surface area (Å²) in [5.74, 6) is -0.0510. The number of aromatic nitrogens is 6. The van der Waals surface area contributed by atoms with E-state index in [1.165, 1.54) is 10.9 Å². The summed E-state index contributed by atoms with van der Waals surface area (Å²) in [7, 11) is 0. The fourth-order valence-electron chi connectivity index (χ4n) is 1.95. The normalized spacial score (nSPS) is 11.5. The Kier molecular flexibility index (Phi) is 3.97. The number of nitrogens with two attached hydrogens (primary N) is 1. The van der Waals surface area contributed by atoms with E-state index in [4.69, 9.17) is 5.73 Å². The quantitative estimate of drug-likeness (QED) is 0.505. The van der Waals surface area contributed by atoms with Gasteiger partial charge in [-0.1, -0.05) is 5.21 Å². The van der Waals surface area contributed by atoms with Gasteiger partial charge in [0.2, 0.25) is 11.6 Å². The molecule has 0 unspecified atom stereocenters. The van der Waals surface area contributed by atoms with Crippen LogP contribution in [0.3, 0.4) is 0 Å². The van der Waals surface area contributed by atoms with Crippen molar-refractivity contribution in [2.24, 2.45) is 5.10 Å². The zero-order valence-electron chi connectivity index (χ0n) is 12.8. The van der Waals surface area contributed by atoms with Crippen LogP contribution < -0.4 is 11.2 Å². The number of anilines is 1. The molecule has 3 aromatic heterocycles. The highest BCUT2D eigenvalue weighted by Crippen LogP contribution is 2.14. The van der Waals surface area contributed by atoms with Crippen LogP contribution in [-0.4, -0.2) is 41.9 Å². The lowest BCUT2D eigenvalue weighted by atomic mass is 10.2. The third kappa shape index (κ3) is 2.82. The van der Waals surface area contributed by atoms with Crippen molar-refractivity contribution in [1.29, 1.82) is 0 Å². The molecule has 11 nitrogen and oxygen atoms in total. The maximum Gasteiger partial charge on any atom is 0.272 e. The number of amides is 1. The van der Waals surface area contributed by atoms with E-state index in [0.717, 1.165) is 0 Å². The molecule has 0 saturated carbocycles. The molecule has 0 bridgehead atoms. The average molecular weight is 327 g/mol. The van der Waals surface area contributed by atoms with Crippen molar-refractivity contribution in [1.82, 2.24) is 35.7 Å². The summed E-state index contributed by atoms with van der Waals surface area (Å²) in [4.78, 5) is 15.8. The average Bonchev–Trinajstić information content (AvgIpc) is 3.18. The number of hydrogen-bond acceptors (Lipinski definition) is 9. The summed E-state index contributed by atoms with van der Waals surface area (Å²) in [6.07, 6.45) is 3.03. The van der Waals surface area contributed by atoms with Gasteiger partial charge in [-0.3, -0.25) is 9.78 Å². The van der Waals surface area contributed by atoms with E-state index in [2.05, 4.69) is 40.8 Å². The largest absolute Gasteiger partial charge is 0.378 e. The lowest BCUT2D eigenvalue weighted by molar-refractivity contribution is 0.0954. The minimum Gasteiger partial charge on any atom is -0.378 e. The number of hydrazone groups is 1. The van der Waals surface area contributed by atoms with Gasteiger partial charge in [0, 0.05) is 12.4 Å². The summed E-state index contributed by atoms with van der Waals surface area (Å²) in [5, 5.41) is 19.2. The number of nitrogens with zero attached hydrogens (tertiary/aromatic N) is 7. The number of carbonyl (C=O) groups excluding carboxylic acids is 1. The van der Waals surface area contributed by atoms with Crippen molar-refractivity contribution >= 4 is 17.4 Å². The molecule has 1 amide bonds. The van der Waals surface area contributed by atoms with E-state index in [1.807, 2.05) is 0 Å². The van der Waals surface area contributed by atoms with Crippen LogP contribution >= 0.6 is 0 Å². The summed E-state index contributed by atoms with van der Waals surface area (Å²) in [5.41, 5.74) is 10.0. The summed E-state index contributed by atoms with van der Waals surface area (Å²) < 4.78 is 5.92. The minimum absolute atomic E-state index is 0.0917. The first-order valence-electron chi connectivity index (χ1n) is 6.83. The third-order valence-electron chi connectivity index (χ3n) is 3.18. The molecule has 3 rings (SSSR count). The van der Waals surface area contributed by atoms with Gasteiger partial charge in [-0.25, -0.2) is 10.1 Å². The van der Waals surface area contributed by atoms with Gasteiger partial charge in [-0.05, 0) is 36.3 Å². The van der Waals surface area contributed by atoms with Gasteiger partial charge in [-0.15, -0.1) is 5.10 Å². The second-order valence-corrected chi connectivity index (χ2v) is 4.79. The van der Waals surface area contributed by atoms with Crippen LogP contribution in [0.4, 0.5) is 5.82 Å². The summed E-state index contributed by atoms with van der Waals surface area (Å²) >= 11 is 0. The zero-order valence-corrected chi connectivity index (χ0v) is 12.8. The van der Waals surface area contributed by atoms with Crippen molar-refractivity contribution < 1.29 is 9.42 Å². The second kappa shape index (κ2) is 6.24. The molecule has 3 heterocycles. The lowest BCUT2D eigenvalue weighted by Crippen LogP contribution is -2.19. The Morgan fingerprint density at radius 3 is 2.92 bits per heavy atom. The lowest BCUT2D eigenvalue weighted by Gasteiger charge is -2.02. The van der Waals surface area contributed by atoms with Gasteiger partial charge >= 0.3 is 0 Å². The van der Waals surface area contributed by atoms with Crippen LogP contribution in [0, 0.1) is 6.92 Å². The SMILES string of the molecule is CC(=NNC(=O)c1cccnc1)c1nnn(-c2nonc2N)c1C. The Labute approximate surface area is 135 Å². The fourth-order valence-corrected chi connectivity index (χ4v) is 1.95.